The molecule has 1 saturated heterocycles. The number of urea groups is 1. The predicted molar refractivity (Wildman–Crippen MR) is 98.6 cm³/mol. The molecule has 142 valence electrons. The Morgan fingerprint density at radius 3 is 2.77 bits per heavy atom. The molecule has 1 aromatic heterocycles. The molecule has 0 saturated carbocycles. The fourth-order valence-electron chi connectivity index (χ4n) is 3.90. The van der Waals surface area contributed by atoms with Gasteiger partial charge in [0.05, 0.1) is 22.8 Å². The van der Waals surface area contributed by atoms with Crippen LogP contribution in [0.1, 0.15) is 38.4 Å². The van der Waals surface area contributed by atoms with Gasteiger partial charge in [-0.25, -0.2) is 9.18 Å². The van der Waals surface area contributed by atoms with Crippen LogP contribution >= 0.6 is 11.6 Å². The minimum absolute atomic E-state index is 0.0295. The zero-order valence-electron chi connectivity index (χ0n) is 15.1. The zero-order valence-corrected chi connectivity index (χ0v) is 15.9. The topological polar surface area (TPSA) is 81.2 Å². The number of rotatable bonds is 3. The molecule has 0 aliphatic carbocycles. The first-order chi connectivity index (χ1) is 12.3. The van der Waals surface area contributed by atoms with Crippen LogP contribution in [-0.4, -0.2) is 46.4 Å². The number of hydrogen-bond acceptors (Lipinski definition) is 3. The molecule has 0 bridgehead atoms. The third kappa shape index (κ3) is 3.14. The van der Waals surface area contributed by atoms with Crippen molar-refractivity contribution in [1.29, 1.82) is 0 Å². The van der Waals surface area contributed by atoms with Crippen LogP contribution in [0.4, 0.5) is 9.18 Å². The van der Waals surface area contributed by atoms with Crippen molar-refractivity contribution in [3.05, 3.63) is 28.7 Å². The van der Waals surface area contributed by atoms with Crippen LogP contribution in [0.15, 0.2) is 12.3 Å². The minimum Gasteiger partial charge on any atom is -0.388 e. The van der Waals surface area contributed by atoms with Gasteiger partial charge < -0.3 is 15.3 Å². The molecule has 2 aromatic rings. The summed E-state index contributed by atoms with van der Waals surface area (Å²) in [7, 11) is 1.61. The first-order valence-corrected chi connectivity index (χ1v) is 9.10. The molecule has 3 N–H and O–H groups in total. The Bertz CT molecular complexity index is 815. The highest BCUT2D eigenvalue weighted by molar-refractivity contribution is 6.31. The lowest BCUT2D eigenvalue weighted by molar-refractivity contribution is -0.0161. The molecule has 6 nitrogen and oxygen atoms in total. The second-order valence-electron chi connectivity index (χ2n) is 7.46. The number of carbonyl (C=O) groups excluding carboxylic acids is 1. The van der Waals surface area contributed by atoms with Crippen molar-refractivity contribution in [2.75, 3.05) is 20.1 Å². The number of aliphatic hydroxyl groups excluding tert-OH is 1. The van der Waals surface area contributed by atoms with Gasteiger partial charge in [0.15, 0.2) is 0 Å². The van der Waals surface area contributed by atoms with Crippen LogP contribution in [0.3, 0.4) is 0 Å². The first-order valence-electron chi connectivity index (χ1n) is 8.73. The molecule has 1 atom stereocenters. The molecule has 8 heteroatoms. The van der Waals surface area contributed by atoms with E-state index < -0.39 is 17.3 Å². The largest absolute Gasteiger partial charge is 0.388 e. The Morgan fingerprint density at radius 1 is 1.50 bits per heavy atom. The Morgan fingerprint density at radius 2 is 2.15 bits per heavy atom. The summed E-state index contributed by atoms with van der Waals surface area (Å²) >= 11 is 6.02. The summed E-state index contributed by atoms with van der Waals surface area (Å²) in [5, 5.41) is 21.1. The van der Waals surface area contributed by atoms with Crippen LogP contribution in [0.2, 0.25) is 5.02 Å². The van der Waals surface area contributed by atoms with Crippen molar-refractivity contribution in [2.24, 2.45) is 11.3 Å². The lowest BCUT2D eigenvalue weighted by Crippen LogP contribution is -2.46. The molecule has 1 aromatic carbocycles. The van der Waals surface area contributed by atoms with E-state index in [2.05, 4.69) is 15.5 Å². The molecule has 3 rings (SSSR count). The number of nitrogens with one attached hydrogen (secondary N) is 2. The quantitative estimate of drug-likeness (QED) is 0.760. The number of aliphatic hydroxyl groups is 1. The first kappa shape index (κ1) is 18.9. The average molecular weight is 383 g/mol. The van der Waals surface area contributed by atoms with Crippen LogP contribution in [-0.2, 0) is 0 Å². The van der Waals surface area contributed by atoms with Gasteiger partial charge in [0.25, 0.3) is 0 Å². The van der Waals surface area contributed by atoms with E-state index in [0.717, 1.165) is 12.8 Å². The van der Waals surface area contributed by atoms with Crippen LogP contribution in [0.5, 0.6) is 0 Å². The second-order valence-corrected chi connectivity index (χ2v) is 7.87. The standard InChI is InChI=1S/C18H24ClFN4O2/c1-18(2,11-4-6-24(7-5-11)17(26)21-3)16(25)13-14(20)12(19)8-10-9-22-23-15(10)13/h8-9,11,16,25H,4-7H2,1-3H3,(H,21,26)(H,22,23). The molecule has 26 heavy (non-hydrogen) atoms. The number of aromatic nitrogens is 2. The summed E-state index contributed by atoms with van der Waals surface area (Å²) < 4.78 is 14.8. The van der Waals surface area contributed by atoms with E-state index in [0.29, 0.717) is 24.0 Å². The van der Waals surface area contributed by atoms with Crippen LogP contribution in [0, 0.1) is 17.2 Å². The molecule has 2 heterocycles. The van der Waals surface area contributed by atoms with E-state index in [1.807, 2.05) is 13.8 Å². The Kier molecular flexibility index (Phi) is 5.12. The number of H-pyrrole nitrogens is 1. The fraction of sp³-hybridized carbons (Fsp3) is 0.556. The molecule has 0 spiro atoms. The maximum absolute atomic E-state index is 14.8. The lowest BCUT2D eigenvalue weighted by Gasteiger charge is -2.43. The SMILES string of the molecule is CNC(=O)N1CCC(C(C)(C)C(O)c2c(F)c(Cl)cc3cn[nH]c23)CC1. The molecule has 2 amide bonds. The van der Waals surface area contributed by atoms with Crippen molar-refractivity contribution in [3.8, 4) is 0 Å². The number of benzene rings is 1. The number of piperidine rings is 1. The second kappa shape index (κ2) is 7.04. The molecular weight excluding hydrogens is 359 g/mol. The summed E-state index contributed by atoms with van der Waals surface area (Å²) in [6, 6.07) is 1.41. The van der Waals surface area contributed by atoms with Gasteiger partial charge in [0.2, 0.25) is 0 Å². The van der Waals surface area contributed by atoms with E-state index in [1.54, 1.807) is 18.1 Å². The number of carbonyl (C=O) groups is 1. The lowest BCUT2D eigenvalue weighted by atomic mass is 9.68. The van der Waals surface area contributed by atoms with Gasteiger partial charge in [-0.15, -0.1) is 0 Å². The van der Waals surface area contributed by atoms with Gasteiger partial charge in [-0.3, -0.25) is 5.10 Å². The fourth-order valence-corrected chi connectivity index (χ4v) is 4.11. The summed E-state index contributed by atoms with van der Waals surface area (Å²) in [4.78, 5) is 13.5. The summed E-state index contributed by atoms with van der Waals surface area (Å²) in [6.45, 7) is 5.08. The highest BCUT2D eigenvalue weighted by Gasteiger charge is 2.41. The number of aromatic amines is 1. The van der Waals surface area contributed by atoms with Crippen molar-refractivity contribution in [2.45, 2.75) is 32.8 Å². The van der Waals surface area contributed by atoms with E-state index in [-0.39, 0.29) is 22.5 Å². The minimum atomic E-state index is -1.05. The monoisotopic (exact) mass is 382 g/mol. The van der Waals surface area contributed by atoms with Gasteiger partial charge in [0.1, 0.15) is 5.82 Å². The van der Waals surface area contributed by atoms with Crippen molar-refractivity contribution >= 4 is 28.5 Å². The van der Waals surface area contributed by atoms with E-state index >= 15 is 0 Å². The number of hydrogen-bond donors (Lipinski definition) is 3. The van der Waals surface area contributed by atoms with Gasteiger partial charge >= 0.3 is 6.03 Å². The molecule has 1 aliphatic heterocycles. The number of nitrogens with zero attached hydrogens (tertiary/aromatic N) is 2. The van der Waals surface area contributed by atoms with E-state index in [1.165, 1.54) is 6.07 Å². The van der Waals surface area contributed by atoms with Crippen LogP contribution in [0.25, 0.3) is 10.9 Å². The number of fused-ring (bicyclic) bond motifs is 1. The third-order valence-corrected chi connectivity index (χ3v) is 5.97. The van der Waals surface area contributed by atoms with Gasteiger partial charge in [-0.2, -0.15) is 5.10 Å². The summed E-state index contributed by atoms with van der Waals surface area (Å²) in [5.41, 5.74) is 0.0252. The molecule has 1 fully saturated rings. The number of amides is 2. The Balaban J connectivity index is 1.88. The molecule has 1 aliphatic rings. The van der Waals surface area contributed by atoms with Gasteiger partial charge in [-0.1, -0.05) is 25.4 Å². The van der Waals surface area contributed by atoms with Crippen LogP contribution < -0.4 is 5.32 Å². The summed E-state index contributed by atoms with van der Waals surface area (Å²) in [6.07, 6.45) is 1.99. The van der Waals surface area contributed by atoms with E-state index in [9.17, 15) is 14.3 Å². The maximum Gasteiger partial charge on any atom is 0.317 e. The van der Waals surface area contributed by atoms with Crippen molar-refractivity contribution in [1.82, 2.24) is 20.4 Å². The summed E-state index contributed by atoms with van der Waals surface area (Å²) in [5.74, 6) is -0.485. The Hall–Kier alpha value is -1.86. The van der Waals surface area contributed by atoms with Crippen molar-refractivity contribution in [3.63, 3.8) is 0 Å². The highest BCUT2D eigenvalue weighted by Crippen LogP contribution is 2.47. The van der Waals surface area contributed by atoms with E-state index in [4.69, 9.17) is 11.6 Å². The normalized spacial score (nSPS) is 17.5. The maximum atomic E-state index is 14.8. The third-order valence-electron chi connectivity index (χ3n) is 5.69. The van der Waals surface area contributed by atoms with Gasteiger partial charge in [-0.05, 0) is 30.2 Å². The molecule has 0 radical (unpaired) electrons. The molecule has 1 unspecified atom stereocenters. The smallest absolute Gasteiger partial charge is 0.317 e. The van der Waals surface area contributed by atoms with Crippen molar-refractivity contribution < 1.29 is 14.3 Å². The number of likely N-dealkylation sites (tertiary alicyclic amines) is 1. The Labute approximate surface area is 156 Å². The average Bonchev–Trinajstić information content (AvgIpc) is 3.09. The zero-order chi connectivity index (χ0) is 19.1. The van der Waals surface area contributed by atoms with Gasteiger partial charge in [0, 0.05) is 31.1 Å². The number of halogens is 2. The highest BCUT2D eigenvalue weighted by atomic mass is 35.5. The molecular formula is C18H24ClFN4O2. The predicted octanol–water partition coefficient (Wildman–Crippen LogP) is 3.47.